The molecule has 1 aliphatic heterocycles. The molecule has 0 aromatic carbocycles. The summed E-state index contributed by atoms with van der Waals surface area (Å²) in [6.07, 6.45) is 1.03. The first-order valence-electron chi connectivity index (χ1n) is 5.74. The van der Waals surface area contributed by atoms with Crippen LogP contribution in [0.5, 0.6) is 0 Å². The van der Waals surface area contributed by atoms with E-state index in [4.69, 9.17) is 4.74 Å². The fraction of sp³-hybridized carbons (Fsp3) is 0.636. The first kappa shape index (κ1) is 12.3. The highest BCUT2D eigenvalue weighted by atomic mass is 32.1. The summed E-state index contributed by atoms with van der Waals surface area (Å²) in [4.78, 5) is 15.8. The van der Waals surface area contributed by atoms with Crippen molar-refractivity contribution >= 4 is 17.4 Å². The Balaban J connectivity index is 1.63. The van der Waals surface area contributed by atoms with E-state index < -0.39 is 0 Å². The van der Waals surface area contributed by atoms with Gasteiger partial charge in [-0.25, -0.2) is 9.78 Å². The number of ether oxygens (including phenoxy) is 1. The van der Waals surface area contributed by atoms with E-state index in [2.05, 4.69) is 15.6 Å². The number of thiazole rings is 1. The molecular weight excluding hydrogens is 238 g/mol. The molecule has 1 fully saturated rings. The van der Waals surface area contributed by atoms with Crippen LogP contribution in [0.2, 0.25) is 0 Å². The maximum Gasteiger partial charge on any atom is 0.315 e. The van der Waals surface area contributed by atoms with Gasteiger partial charge in [0.1, 0.15) is 5.01 Å². The van der Waals surface area contributed by atoms with Crippen LogP contribution in [0.1, 0.15) is 17.1 Å². The third kappa shape index (κ3) is 3.98. The lowest BCUT2D eigenvalue weighted by atomic mass is 10.1. The lowest BCUT2D eigenvalue weighted by molar-refractivity contribution is 0.185. The van der Waals surface area contributed by atoms with Crippen LogP contribution in [-0.2, 0) is 11.3 Å². The maximum atomic E-state index is 11.5. The summed E-state index contributed by atoms with van der Waals surface area (Å²) < 4.78 is 5.24. The molecule has 1 aromatic rings. The summed E-state index contributed by atoms with van der Waals surface area (Å²) >= 11 is 1.56. The highest BCUT2D eigenvalue weighted by Gasteiger charge is 2.16. The summed E-state index contributed by atoms with van der Waals surface area (Å²) in [6, 6.07) is -0.134. The highest BCUT2D eigenvalue weighted by molar-refractivity contribution is 7.09. The zero-order valence-corrected chi connectivity index (χ0v) is 10.7. The summed E-state index contributed by atoms with van der Waals surface area (Å²) in [5.41, 5.74) is 0.996. The number of nitrogens with zero attached hydrogens (tertiary/aromatic N) is 1. The largest absolute Gasteiger partial charge is 0.381 e. The molecule has 2 heterocycles. The van der Waals surface area contributed by atoms with Crippen LogP contribution in [-0.4, -0.2) is 30.8 Å². The molecular formula is C11H17N3O2S. The van der Waals surface area contributed by atoms with Gasteiger partial charge in [0.25, 0.3) is 0 Å². The fourth-order valence-corrected chi connectivity index (χ4v) is 2.40. The van der Waals surface area contributed by atoms with E-state index in [0.717, 1.165) is 30.3 Å². The molecule has 94 valence electrons. The van der Waals surface area contributed by atoms with Gasteiger partial charge in [-0.15, -0.1) is 11.3 Å². The lowest BCUT2D eigenvalue weighted by Crippen LogP contribution is -2.38. The van der Waals surface area contributed by atoms with Crippen LogP contribution in [0.4, 0.5) is 4.79 Å². The summed E-state index contributed by atoms with van der Waals surface area (Å²) in [7, 11) is 0. The molecule has 6 heteroatoms. The Morgan fingerprint density at radius 2 is 2.53 bits per heavy atom. The van der Waals surface area contributed by atoms with Crippen LogP contribution in [0.3, 0.4) is 0 Å². The smallest absolute Gasteiger partial charge is 0.315 e. The van der Waals surface area contributed by atoms with E-state index >= 15 is 0 Å². The molecule has 1 saturated heterocycles. The Labute approximate surface area is 105 Å². The predicted octanol–water partition coefficient (Wildman–Crippen LogP) is 1.29. The van der Waals surface area contributed by atoms with Gasteiger partial charge in [-0.1, -0.05) is 0 Å². The number of amides is 2. The number of hydrogen-bond acceptors (Lipinski definition) is 4. The SMILES string of the molecule is Cc1csc(CNC(=O)NC[C@H]2CCOC2)n1. The Morgan fingerprint density at radius 3 is 3.18 bits per heavy atom. The second-order valence-electron chi connectivity index (χ2n) is 4.18. The fourth-order valence-electron chi connectivity index (χ4n) is 1.68. The molecule has 1 aromatic heterocycles. The first-order valence-corrected chi connectivity index (χ1v) is 6.62. The van der Waals surface area contributed by atoms with Gasteiger partial charge in [0.05, 0.1) is 13.2 Å². The second kappa shape index (κ2) is 5.97. The number of aryl methyl sites for hydroxylation is 1. The Bertz CT molecular complexity index is 375. The average Bonchev–Trinajstić information content (AvgIpc) is 2.95. The third-order valence-corrected chi connectivity index (χ3v) is 3.61. The monoisotopic (exact) mass is 255 g/mol. The quantitative estimate of drug-likeness (QED) is 0.852. The van der Waals surface area contributed by atoms with Gasteiger partial charge in [0.15, 0.2) is 0 Å². The van der Waals surface area contributed by atoms with Crippen molar-refractivity contribution in [2.24, 2.45) is 5.92 Å². The van der Waals surface area contributed by atoms with E-state index in [1.165, 1.54) is 0 Å². The molecule has 1 atom stereocenters. The van der Waals surface area contributed by atoms with Crippen molar-refractivity contribution in [3.05, 3.63) is 16.1 Å². The number of carbonyl (C=O) groups excluding carboxylic acids is 1. The van der Waals surface area contributed by atoms with E-state index in [9.17, 15) is 4.79 Å². The topological polar surface area (TPSA) is 63.2 Å². The summed E-state index contributed by atoms with van der Waals surface area (Å²) in [5.74, 6) is 0.461. The third-order valence-electron chi connectivity index (χ3n) is 2.64. The van der Waals surface area contributed by atoms with E-state index in [-0.39, 0.29) is 6.03 Å². The predicted molar refractivity (Wildman–Crippen MR) is 66.0 cm³/mol. The van der Waals surface area contributed by atoms with Gasteiger partial charge in [-0.05, 0) is 13.3 Å². The molecule has 0 saturated carbocycles. The molecule has 17 heavy (non-hydrogen) atoms. The van der Waals surface area contributed by atoms with Gasteiger partial charge in [0, 0.05) is 30.1 Å². The van der Waals surface area contributed by atoms with Crippen molar-refractivity contribution in [3.8, 4) is 0 Å². The molecule has 2 rings (SSSR count). The molecule has 0 bridgehead atoms. The van der Waals surface area contributed by atoms with Crippen molar-refractivity contribution in [3.63, 3.8) is 0 Å². The van der Waals surface area contributed by atoms with Gasteiger partial charge in [0.2, 0.25) is 0 Å². The molecule has 0 spiro atoms. The van der Waals surface area contributed by atoms with E-state index in [1.807, 2.05) is 12.3 Å². The van der Waals surface area contributed by atoms with Crippen molar-refractivity contribution in [2.45, 2.75) is 19.9 Å². The summed E-state index contributed by atoms with van der Waals surface area (Å²) in [5, 5.41) is 8.55. The van der Waals surface area contributed by atoms with Crippen LogP contribution < -0.4 is 10.6 Å². The van der Waals surface area contributed by atoms with Gasteiger partial charge in [-0.3, -0.25) is 0 Å². The van der Waals surface area contributed by atoms with E-state index in [1.54, 1.807) is 11.3 Å². The van der Waals surface area contributed by atoms with E-state index in [0.29, 0.717) is 19.0 Å². The maximum absolute atomic E-state index is 11.5. The standard InChI is InChI=1S/C11H17N3O2S/c1-8-7-17-10(14-8)5-13-11(15)12-4-9-2-3-16-6-9/h7,9H,2-6H2,1H3,(H2,12,13,15)/t9-/m1/s1. The van der Waals surface area contributed by atoms with Crippen LogP contribution in [0, 0.1) is 12.8 Å². The minimum atomic E-state index is -0.134. The molecule has 2 amide bonds. The van der Waals surface area contributed by atoms with Gasteiger partial charge in [-0.2, -0.15) is 0 Å². The molecule has 5 nitrogen and oxygen atoms in total. The zero-order valence-electron chi connectivity index (χ0n) is 9.86. The number of urea groups is 1. The number of rotatable bonds is 4. The lowest BCUT2D eigenvalue weighted by Gasteiger charge is -2.09. The second-order valence-corrected chi connectivity index (χ2v) is 5.12. The van der Waals surface area contributed by atoms with Crippen LogP contribution in [0.15, 0.2) is 5.38 Å². The Kier molecular flexibility index (Phi) is 4.33. The zero-order chi connectivity index (χ0) is 12.1. The molecule has 0 radical (unpaired) electrons. The van der Waals surface area contributed by atoms with Crippen molar-refractivity contribution in [1.82, 2.24) is 15.6 Å². The Morgan fingerprint density at radius 1 is 1.65 bits per heavy atom. The summed E-state index contributed by atoms with van der Waals surface area (Å²) in [6.45, 7) is 4.69. The highest BCUT2D eigenvalue weighted by Crippen LogP contribution is 2.10. The normalized spacial score (nSPS) is 19.2. The van der Waals surface area contributed by atoms with Gasteiger partial charge < -0.3 is 15.4 Å². The average molecular weight is 255 g/mol. The van der Waals surface area contributed by atoms with Crippen LogP contribution >= 0.6 is 11.3 Å². The van der Waals surface area contributed by atoms with Crippen molar-refractivity contribution in [1.29, 1.82) is 0 Å². The Hall–Kier alpha value is -1.14. The minimum Gasteiger partial charge on any atom is -0.381 e. The molecule has 2 N–H and O–H groups in total. The first-order chi connectivity index (χ1) is 8.24. The van der Waals surface area contributed by atoms with Gasteiger partial charge >= 0.3 is 6.03 Å². The van der Waals surface area contributed by atoms with Crippen LogP contribution in [0.25, 0.3) is 0 Å². The van der Waals surface area contributed by atoms with Crippen molar-refractivity contribution < 1.29 is 9.53 Å². The molecule has 1 aliphatic rings. The minimum absolute atomic E-state index is 0.134. The molecule has 0 unspecified atom stereocenters. The van der Waals surface area contributed by atoms with Crippen molar-refractivity contribution in [2.75, 3.05) is 19.8 Å². The number of aromatic nitrogens is 1. The molecule has 0 aliphatic carbocycles. The number of nitrogens with one attached hydrogen (secondary N) is 2. The number of hydrogen-bond donors (Lipinski definition) is 2. The number of carbonyl (C=O) groups is 1.